The topological polar surface area (TPSA) is 77.0 Å². The quantitative estimate of drug-likeness (QED) is 0.201. The minimum Gasteiger partial charge on any atom is -0.493 e. The van der Waals surface area contributed by atoms with Crippen LogP contribution in [-0.2, 0) is 17.8 Å². The zero-order valence-corrected chi connectivity index (χ0v) is 20.6. The molecule has 0 atom stereocenters. The fourth-order valence-electron chi connectivity index (χ4n) is 2.64. The third kappa shape index (κ3) is 9.17. The zero-order chi connectivity index (χ0) is 20.9. The number of ether oxygens (including phenoxy) is 3. The van der Waals surface area contributed by atoms with Gasteiger partial charge in [-0.2, -0.15) is 0 Å². The summed E-state index contributed by atoms with van der Waals surface area (Å²) in [6.07, 6.45) is 2.63. The molecule has 1 aromatic heterocycles. The fourth-order valence-corrected chi connectivity index (χ4v) is 2.64. The van der Waals surface area contributed by atoms with E-state index in [1.807, 2.05) is 19.1 Å². The van der Waals surface area contributed by atoms with E-state index in [-0.39, 0.29) is 24.0 Å². The van der Waals surface area contributed by atoms with Gasteiger partial charge < -0.3 is 24.8 Å². The van der Waals surface area contributed by atoms with E-state index in [1.165, 1.54) is 5.56 Å². The molecule has 30 heavy (non-hydrogen) atoms. The van der Waals surface area contributed by atoms with Crippen molar-refractivity contribution < 1.29 is 14.2 Å². The zero-order valence-electron chi connectivity index (χ0n) is 18.2. The predicted octanol–water partition coefficient (Wildman–Crippen LogP) is 3.69. The van der Waals surface area contributed by atoms with Crippen molar-refractivity contribution in [3.05, 3.63) is 53.2 Å². The van der Waals surface area contributed by atoms with Crippen molar-refractivity contribution >= 4 is 29.9 Å². The van der Waals surface area contributed by atoms with Crippen molar-refractivity contribution in [3.8, 4) is 11.6 Å². The molecule has 0 saturated heterocycles. The van der Waals surface area contributed by atoms with Crippen molar-refractivity contribution in [2.75, 3.05) is 34.0 Å². The molecule has 8 heteroatoms. The highest BCUT2D eigenvalue weighted by atomic mass is 127. The Morgan fingerprint density at radius 1 is 1.10 bits per heavy atom. The predicted molar refractivity (Wildman–Crippen MR) is 131 cm³/mol. The first kappa shape index (κ1) is 26.0. The molecule has 0 fully saturated rings. The fraction of sp³-hybridized carbons (Fsp3) is 0.455. The number of aryl methyl sites for hydroxylation is 1. The van der Waals surface area contributed by atoms with Crippen LogP contribution in [-0.4, -0.2) is 44.9 Å². The highest BCUT2D eigenvalue weighted by Crippen LogP contribution is 2.20. The number of aliphatic imine (C=N–C) groups is 1. The first-order valence-electron chi connectivity index (χ1n) is 9.88. The molecule has 0 amide bonds. The van der Waals surface area contributed by atoms with Crippen LogP contribution in [0.25, 0.3) is 0 Å². The van der Waals surface area contributed by atoms with Crippen LogP contribution in [0.4, 0.5) is 0 Å². The monoisotopic (exact) mass is 528 g/mol. The number of halogens is 1. The minimum atomic E-state index is 0. The molecule has 7 nitrogen and oxygen atoms in total. The van der Waals surface area contributed by atoms with Crippen molar-refractivity contribution in [2.24, 2.45) is 4.99 Å². The summed E-state index contributed by atoms with van der Waals surface area (Å²) in [4.78, 5) is 8.86. The summed E-state index contributed by atoms with van der Waals surface area (Å²) in [7, 11) is 3.31. The Balaban J connectivity index is 0.00000450. The normalized spacial score (nSPS) is 10.9. The number of nitrogens with one attached hydrogen (secondary N) is 2. The van der Waals surface area contributed by atoms with Crippen LogP contribution in [0.1, 0.15) is 30.0 Å². The third-order valence-electron chi connectivity index (χ3n) is 4.19. The van der Waals surface area contributed by atoms with Gasteiger partial charge in [-0.05, 0) is 31.0 Å². The number of pyridine rings is 1. The number of nitrogens with zero attached hydrogens (tertiary/aromatic N) is 2. The lowest BCUT2D eigenvalue weighted by Crippen LogP contribution is -2.36. The van der Waals surface area contributed by atoms with Crippen molar-refractivity contribution in [2.45, 2.75) is 33.4 Å². The summed E-state index contributed by atoms with van der Waals surface area (Å²) in [5, 5.41) is 6.65. The van der Waals surface area contributed by atoms with Crippen LogP contribution in [0, 0.1) is 6.92 Å². The Hall–Kier alpha value is -2.07. The second kappa shape index (κ2) is 14.8. The highest BCUT2D eigenvalue weighted by molar-refractivity contribution is 14.0. The van der Waals surface area contributed by atoms with Crippen LogP contribution in [0.5, 0.6) is 11.6 Å². The van der Waals surface area contributed by atoms with E-state index in [1.54, 1.807) is 20.4 Å². The molecule has 0 spiro atoms. The van der Waals surface area contributed by atoms with Gasteiger partial charge in [0.1, 0.15) is 5.75 Å². The molecule has 2 rings (SSSR count). The number of methoxy groups -OCH3 is 2. The van der Waals surface area contributed by atoms with Gasteiger partial charge in [-0.1, -0.05) is 18.2 Å². The van der Waals surface area contributed by atoms with E-state index < -0.39 is 0 Å². The maximum atomic E-state index is 5.96. The SMILES string of the molecule is CCNC(=NCc1ccc(OC)nc1)NCc1ccc(C)cc1OCCCOC.I. The van der Waals surface area contributed by atoms with E-state index >= 15 is 0 Å². The summed E-state index contributed by atoms with van der Waals surface area (Å²) in [5.41, 5.74) is 3.27. The number of benzene rings is 1. The van der Waals surface area contributed by atoms with Gasteiger partial charge in [0, 0.05) is 51.1 Å². The Labute approximate surface area is 196 Å². The van der Waals surface area contributed by atoms with Crippen molar-refractivity contribution in [1.82, 2.24) is 15.6 Å². The first-order chi connectivity index (χ1) is 14.2. The summed E-state index contributed by atoms with van der Waals surface area (Å²) in [6, 6.07) is 10.0. The second-order valence-electron chi connectivity index (χ2n) is 6.56. The molecule has 1 heterocycles. The molecule has 1 aromatic carbocycles. The largest absolute Gasteiger partial charge is 0.493 e. The van der Waals surface area contributed by atoms with Crippen LogP contribution in [0.2, 0.25) is 0 Å². The molecule has 2 aromatic rings. The molecular weight excluding hydrogens is 495 g/mol. The average molecular weight is 528 g/mol. The molecule has 0 aliphatic carbocycles. The van der Waals surface area contributed by atoms with Crippen LogP contribution >= 0.6 is 24.0 Å². The molecular formula is C22H33IN4O3. The lowest BCUT2D eigenvalue weighted by molar-refractivity contribution is 0.171. The highest BCUT2D eigenvalue weighted by Gasteiger charge is 2.06. The van der Waals surface area contributed by atoms with Crippen LogP contribution in [0.15, 0.2) is 41.5 Å². The van der Waals surface area contributed by atoms with Gasteiger partial charge in [-0.3, -0.25) is 0 Å². The Morgan fingerprint density at radius 3 is 2.60 bits per heavy atom. The number of guanidine groups is 1. The second-order valence-corrected chi connectivity index (χ2v) is 6.56. The first-order valence-corrected chi connectivity index (χ1v) is 9.88. The van der Waals surface area contributed by atoms with Gasteiger partial charge in [-0.25, -0.2) is 9.98 Å². The molecule has 0 saturated carbocycles. The average Bonchev–Trinajstić information content (AvgIpc) is 2.74. The molecule has 0 unspecified atom stereocenters. The molecule has 0 aliphatic heterocycles. The number of hydrogen-bond donors (Lipinski definition) is 2. The van der Waals surface area contributed by atoms with E-state index in [0.29, 0.717) is 32.2 Å². The van der Waals surface area contributed by atoms with Crippen LogP contribution < -0.4 is 20.1 Å². The summed E-state index contributed by atoms with van der Waals surface area (Å²) in [5.74, 6) is 2.23. The van der Waals surface area contributed by atoms with Crippen LogP contribution in [0.3, 0.4) is 0 Å². The smallest absolute Gasteiger partial charge is 0.212 e. The van der Waals surface area contributed by atoms with E-state index in [0.717, 1.165) is 35.8 Å². The Bertz CT molecular complexity index is 769. The van der Waals surface area contributed by atoms with Gasteiger partial charge in [-0.15, -0.1) is 24.0 Å². The molecule has 2 N–H and O–H groups in total. The minimum absolute atomic E-state index is 0. The lowest BCUT2D eigenvalue weighted by atomic mass is 10.1. The van der Waals surface area contributed by atoms with E-state index in [9.17, 15) is 0 Å². The third-order valence-corrected chi connectivity index (χ3v) is 4.19. The Morgan fingerprint density at radius 2 is 1.93 bits per heavy atom. The van der Waals surface area contributed by atoms with Crippen molar-refractivity contribution in [1.29, 1.82) is 0 Å². The maximum Gasteiger partial charge on any atom is 0.212 e. The molecule has 166 valence electrons. The number of hydrogen-bond acceptors (Lipinski definition) is 5. The summed E-state index contributed by atoms with van der Waals surface area (Å²) in [6.45, 7) is 7.35. The maximum absolute atomic E-state index is 5.96. The molecule has 0 radical (unpaired) electrons. The molecule has 0 bridgehead atoms. The van der Waals surface area contributed by atoms with Gasteiger partial charge in [0.25, 0.3) is 0 Å². The van der Waals surface area contributed by atoms with Crippen molar-refractivity contribution in [3.63, 3.8) is 0 Å². The lowest BCUT2D eigenvalue weighted by Gasteiger charge is -2.15. The van der Waals surface area contributed by atoms with Gasteiger partial charge in [0.2, 0.25) is 5.88 Å². The van der Waals surface area contributed by atoms with E-state index in [4.69, 9.17) is 14.2 Å². The summed E-state index contributed by atoms with van der Waals surface area (Å²) >= 11 is 0. The van der Waals surface area contributed by atoms with Gasteiger partial charge in [0.15, 0.2) is 5.96 Å². The number of aromatic nitrogens is 1. The summed E-state index contributed by atoms with van der Waals surface area (Å²) < 4.78 is 16.1. The number of rotatable bonds is 11. The Kier molecular flexibility index (Phi) is 12.8. The standard InChI is InChI=1S/C22H32N4O3.HI/c1-5-23-22(25-15-18-8-10-21(28-4)24-14-18)26-16-19-9-7-17(2)13-20(19)29-12-6-11-27-3;/h7-10,13-14H,5-6,11-12,15-16H2,1-4H3,(H2,23,25,26);1H. The van der Waals surface area contributed by atoms with Gasteiger partial charge in [0.05, 0.1) is 20.3 Å². The molecule has 0 aliphatic rings. The van der Waals surface area contributed by atoms with E-state index in [2.05, 4.69) is 45.7 Å². The van der Waals surface area contributed by atoms with Gasteiger partial charge >= 0.3 is 0 Å².